The Kier molecular flexibility index (Phi) is 4.28. The predicted octanol–water partition coefficient (Wildman–Crippen LogP) is 4.00. The summed E-state index contributed by atoms with van der Waals surface area (Å²) in [6.45, 7) is 5.49. The van der Waals surface area contributed by atoms with Crippen LogP contribution in [0.2, 0.25) is 0 Å². The van der Waals surface area contributed by atoms with E-state index in [-0.39, 0.29) is 11.8 Å². The highest BCUT2D eigenvalue weighted by molar-refractivity contribution is 7.22. The van der Waals surface area contributed by atoms with Gasteiger partial charge in [-0.1, -0.05) is 23.5 Å². The fourth-order valence-corrected chi connectivity index (χ4v) is 4.09. The zero-order chi connectivity index (χ0) is 18.3. The first-order valence-electron chi connectivity index (χ1n) is 8.62. The number of benzene rings is 2. The SMILES string of the molecule is COc1ccc2nc(N3CC(C(=O)Nc4cccc(C)c4C)C3)sc2c1. The summed E-state index contributed by atoms with van der Waals surface area (Å²) in [7, 11) is 1.66. The molecule has 0 aliphatic carbocycles. The maximum atomic E-state index is 12.5. The van der Waals surface area contributed by atoms with Crippen LogP contribution in [0.3, 0.4) is 0 Å². The lowest BCUT2D eigenvalue weighted by Crippen LogP contribution is -2.52. The average Bonchev–Trinajstić information content (AvgIpc) is 3.00. The van der Waals surface area contributed by atoms with Crippen molar-refractivity contribution in [3.8, 4) is 5.75 Å². The highest BCUT2D eigenvalue weighted by atomic mass is 32.1. The molecule has 1 aliphatic heterocycles. The summed E-state index contributed by atoms with van der Waals surface area (Å²) in [5.41, 5.74) is 4.18. The fourth-order valence-electron chi connectivity index (χ4n) is 3.08. The van der Waals surface area contributed by atoms with Crippen molar-refractivity contribution in [2.45, 2.75) is 13.8 Å². The monoisotopic (exact) mass is 367 g/mol. The Bertz CT molecular complexity index is 976. The lowest BCUT2D eigenvalue weighted by Gasteiger charge is -2.38. The Morgan fingerprint density at radius 2 is 2.08 bits per heavy atom. The molecule has 3 aromatic rings. The molecular weight excluding hydrogens is 346 g/mol. The van der Waals surface area contributed by atoms with Crippen LogP contribution >= 0.6 is 11.3 Å². The van der Waals surface area contributed by atoms with Crippen LogP contribution < -0.4 is 15.0 Å². The molecule has 0 unspecified atom stereocenters. The van der Waals surface area contributed by atoms with Gasteiger partial charge >= 0.3 is 0 Å². The molecule has 134 valence electrons. The van der Waals surface area contributed by atoms with Gasteiger partial charge in [0.1, 0.15) is 5.75 Å². The van der Waals surface area contributed by atoms with Gasteiger partial charge in [-0.05, 0) is 49.2 Å². The Hall–Kier alpha value is -2.60. The first-order chi connectivity index (χ1) is 12.5. The Morgan fingerprint density at radius 3 is 2.85 bits per heavy atom. The molecule has 0 atom stereocenters. The molecule has 2 aromatic carbocycles. The molecule has 4 rings (SSSR count). The quantitative estimate of drug-likeness (QED) is 0.757. The molecule has 1 aliphatic rings. The number of hydrogen-bond donors (Lipinski definition) is 1. The number of aryl methyl sites for hydroxylation is 1. The Labute approximate surface area is 156 Å². The number of fused-ring (bicyclic) bond motifs is 1. The number of carbonyl (C=O) groups is 1. The van der Waals surface area contributed by atoms with Crippen LogP contribution in [0, 0.1) is 19.8 Å². The van der Waals surface area contributed by atoms with Gasteiger partial charge in [-0.3, -0.25) is 4.79 Å². The topological polar surface area (TPSA) is 54.5 Å². The molecule has 1 saturated heterocycles. The van der Waals surface area contributed by atoms with E-state index >= 15 is 0 Å². The second-order valence-corrected chi connectivity index (χ2v) is 7.68. The van der Waals surface area contributed by atoms with Crippen LogP contribution in [0.1, 0.15) is 11.1 Å². The molecular formula is C20H21N3O2S. The summed E-state index contributed by atoms with van der Waals surface area (Å²) in [6, 6.07) is 11.9. The molecule has 0 radical (unpaired) electrons. The number of methoxy groups -OCH3 is 1. The van der Waals surface area contributed by atoms with E-state index < -0.39 is 0 Å². The van der Waals surface area contributed by atoms with Crippen LogP contribution in [-0.4, -0.2) is 31.1 Å². The number of amides is 1. The Morgan fingerprint density at radius 1 is 1.27 bits per heavy atom. The second-order valence-electron chi connectivity index (χ2n) is 6.67. The van der Waals surface area contributed by atoms with Crippen molar-refractivity contribution in [2.75, 3.05) is 30.4 Å². The van der Waals surface area contributed by atoms with Crippen LogP contribution in [0.5, 0.6) is 5.75 Å². The van der Waals surface area contributed by atoms with E-state index in [2.05, 4.69) is 28.2 Å². The lowest BCUT2D eigenvalue weighted by atomic mass is 9.99. The summed E-state index contributed by atoms with van der Waals surface area (Å²) in [6.07, 6.45) is 0. The van der Waals surface area contributed by atoms with Gasteiger partial charge in [-0.15, -0.1) is 0 Å². The maximum Gasteiger partial charge on any atom is 0.231 e. The van der Waals surface area contributed by atoms with Crippen molar-refractivity contribution in [1.29, 1.82) is 0 Å². The first kappa shape index (κ1) is 16.8. The largest absolute Gasteiger partial charge is 0.497 e. The van der Waals surface area contributed by atoms with Crippen molar-refractivity contribution in [1.82, 2.24) is 4.98 Å². The van der Waals surface area contributed by atoms with Gasteiger partial charge in [0.15, 0.2) is 5.13 Å². The number of nitrogens with zero attached hydrogens (tertiary/aromatic N) is 2. The summed E-state index contributed by atoms with van der Waals surface area (Å²) in [4.78, 5) is 19.3. The van der Waals surface area contributed by atoms with E-state index in [9.17, 15) is 4.79 Å². The minimum Gasteiger partial charge on any atom is -0.497 e. The van der Waals surface area contributed by atoms with Gasteiger partial charge in [0.05, 0.1) is 23.2 Å². The summed E-state index contributed by atoms with van der Waals surface area (Å²) in [5.74, 6) is 0.913. The molecule has 0 saturated carbocycles. The number of ether oxygens (including phenoxy) is 1. The smallest absolute Gasteiger partial charge is 0.231 e. The standard InChI is InChI=1S/C20H21N3O2S/c1-12-5-4-6-16(13(12)2)21-19(24)14-10-23(11-14)20-22-17-8-7-15(25-3)9-18(17)26-20/h4-9,14H,10-11H2,1-3H3,(H,21,24). The Balaban J connectivity index is 1.42. The van der Waals surface area contributed by atoms with Crippen LogP contribution in [-0.2, 0) is 4.79 Å². The molecule has 1 amide bonds. The number of aromatic nitrogens is 1. The molecule has 1 N–H and O–H groups in total. The predicted molar refractivity (Wildman–Crippen MR) is 106 cm³/mol. The fraction of sp³-hybridized carbons (Fsp3) is 0.300. The molecule has 0 spiro atoms. The number of rotatable bonds is 4. The van der Waals surface area contributed by atoms with Crippen LogP contribution in [0.4, 0.5) is 10.8 Å². The molecule has 0 bridgehead atoms. The molecule has 26 heavy (non-hydrogen) atoms. The summed E-state index contributed by atoms with van der Waals surface area (Å²) in [5, 5.41) is 4.03. The highest BCUT2D eigenvalue weighted by Gasteiger charge is 2.34. The van der Waals surface area contributed by atoms with Crippen molar-refractivity contribution >= 4 is 38.3 Å². The summed E-state index contributed by atoms with van der Waals surface area (Å²) < 4.78 is 6.37. The van der Waals surface area contributed by atoms with Crippen LogP contribution in [0.15, 0.2) is 36.4 Å². The van der Waals surface area contributed by atoms with Crippen molar-refractivity contribution in [2.24, 2.45) is 5.92 Å². The third kappa shape index (κ3) is 3.01. The third-order valence-corrected chi connectivity index (χ3v) is 6.05. The van der Waals surface area contributed by atoms with Gasteiger partial charge in [0, 0.05) is 18.8 Å². The molecule has 2 heterocycles. The number of carbonyl (C=O) groups excluding carboxylic acids is 1. The van der Waals surface area contributed by atoms with Crippen molar-refractivity contribution in [3.05, 3.63) is 47.5 Å². The van der Waals surface area contributed by atoms with Gasteiger partial charge in [-0.2, -0.15) is 0 Å². The van der Waals surface area contributed by atoms with Crippen LogP contribution in [0.25, 0.3) is 10.2 Å². The number of hydrogen-bond acceptors (Lipinski definition) is 5. The van der Waals surface area contributed by atoms with E-state index in [1.807, 2.05) is 37.3 Å². The molecule has 1 fully saturated rings. The van der Waals surface area contributed by atoms with E-state index in [4.69, 9.17) is 4.74 Å². The normalized spacial score (nSPS) is 14.3. The van der Waals surface area contributed by atoms with Gasteiger partial charge < -0.3 is 15.0 Å². The zero-order valence-corrected chi connectivity index (χ0v) is 15.9. The average molecular weight is 367 g/mol. The minimum absolute atomic E-state index is 0.00328. The lowest BCUT2D eigenvalue weighted by molar-refractivity contribution is -0.120. The van der Waals surface area contributed by atoms with E-state index in [0.717, 1.165) is 32.3 Å². The third-order valence-electron chi connectivity index (χ3n) is 4.97. The van der Waals surface area contributed by atoms with E-state index in [0.29, 0.717) is 13.1 Å². The number of anilines is 2. The minimum atomic E-state index is -0.00328. The van der Waals surface area contributed by atoms with Crippen molar-refractivity contribution < 1.29 is 9.53 Å². The zero-order valence-electron chi connectivity index (χ0n) is 15.1. The van der Waals surface area contributed by atoms with Gasteiger partial charge in [-0.25, -0.2) is 4.98 Å². The first-order valence-corrected chi connectivity index (χ1v) is 9.43. The highest BCUT2D eigenvalue weighted by Crippen LogP contribution is 2.35. The van der Waals surface area contributed by atoms with E-state index in [1.165, 1.54) is 5.56 Å². The molecule has 5 nitrogen and oxygen atoms in total. The number of nitrogens with one attached hydrogen (secondary N) is 1. The maximum absolute atomic E-state index is 12.5. The van der Waals surface area contributed by atoms with E-state index in [1.54, 1.807) is 18.4 Å². The molecule has 6 heteroatoms. The van der Waals surface area contributed by atoms with Gasteiger partial charge in [0.25, 0.3) is 0 Å². The van der Waals surface area contributed by atoms with Crippen molar-refractivity contribution in [3.63, 3.8) is 0 Å². The van der Waals surface area contributed by atoms with Gasteiger partial charge in [0.2, 0.25) is 5.91 Å². The number of thiazole rings is 1. The second kappa shape index (κ2) is 6.61. The summed E-state index contributed by atoms with van der Waals surface area (Å²) >= 11 is 1.64. The molecule has 1 aromatic heterocycles.